The van der Waals surface area contributed by atoms with Crippen LogP contribution in [0.25, 0.3) is 0 Å². The average Bonchev–Trinajstić information content (AvgIpc) is 2.38. The quantitative estimate of drug-likeness (QED) is 0.448. The van der Waals surface area contributed by atoms with E-state index in [0.29, 0.717) is 18.8 Å². The summed E-state index contributed by atoms with van der Waals surface area (Å²) in [5.74, 6) is -0.490. The van der Waals surface area contributed by atoms with Gasteiger partial charge in [0.1, 0.15) is 5.56 Å². The number of amides is 1. The Morgan fingerprint density at radius 3 is 2.78 bits per heavy atom. The zero-order chi connectivity index (χ0) is 13.5. The molecular formula is C11H15N3O4. The van der Waals surface area contributed by atoms with Gasteiger partial charge in [-0.2, -0.15) is 0 Å². The molecule has 1 aromatic rings. The van der Waals surface area contributed by atoms with Gasteiger partial charge >= 0.3 is 0 Å². The summed E-state index contributed by atoms with van der Waals surface area (Å²) >= 11 is 0. The number of nitrogens with one attached hydrogen (secondary N) is 2. The molecule has 0 bridgehead atoms. The molecule has 0 atom stereocenters. The first-order valence-electron chi connectivity index (χ1n) is 5.33. The number of carbonyl (C=O) groups is 1. The van der Waals surface area contributed by atoms with Crippen molar-refractivity contribution >= 4 is 17.3 Å². The summed E-state index contributed by atoms with van der Waals surface area (Å²) in [4.78, 5) is 22.1. The molecule has 0 radical (unpaired) electrons. The standard InChI is InChI=1S/C11H15N3O4/c1-12-8-3-4-10(14(16)17)9(7-8)11(15)13-5-6-18-2/h3-4,7,12H,5-6H2,1-2H3,(H,13,15). The van der Waals surface area contributed by atoms with Crippen LogP contribution in [0.5, 0.6) is 0 Å². The SMILES string of the molecule is CNc1ccc([N+](=O)[O-])c(C(=O)NCCOC)c1. The Hall–Kier alpha value is -2.15. The molecule has 1 aromatic carbocycles. The van der Waals surface area contributed by atoms with Crippen LogP contribution in [0.1, 0.15) is 10.4 Å². The van der Waals surface area contributed by atoms with Crippen molar-refractivity contribution in [1.29, 1.82) is 0 Å². The Bertz CT molecular complexity index is 448. The molecule has 0 aliphatic rings. The fourth-order valence-corrected chi connectivity index (χ4v) is 1.39. The van der Waals surface area contributed by atoms with Gasteiger partial charge in [-0.1, -0.05) is 0 Å². The summed E-state index contributed by atoms with van der Waals surface area (Å²) in [6, 6.07) is 4.29. The molecule has 0 unspecified atom stereocenters. The van der Waals surface area contributed by atoms with E-state index >= 15 is 0 Å². The van der Waals surface area contributed by atoms with Crippen molar-refractivity contribution in [3.63, 3.8) is 0 Å². The second-order valence-electron chi connectivity index (χ2n) is 3.49. The predicted molar refractivity (Wildman–Crippen MR) is 66.9 cm³/mol. The molecule has 7 nitrogen and oxygen atoms in total. The summed E-state index contributed by atoms with van der Waals surface area (Å²) in [5.41, 5.74) is 0.448. The third-order valence-electron chi connectivity index (χ3n) is 2.32. The van der Waals surface area contributed by atoms with E-state index in [-0.39, 0.29) is 11.3 Å². The van der Waals surface area contributed by atoms with Crippen LogP contribution < -0.4 is 10.6 Å². The van der Waals surface area contributed by atoms with Crippen molar-refractivity contribution in [3.8, 4) is 0 Å². The fourth-order valence-electron chi connectivity index (χ4n) is 1.39. The van der Waals surface area contributed by atoms with Gasteiger partial charge in [0.2, 0.25) is 0 Å². The van der Waals surface area contributed by atoms with Crippen LogP contribution in [-0.2, 0) is 4.74 Å². The summed E-state index contributed by atoms with van der Waals surface area (Å²) in [6.07, 6.45) is 0. The lowest BCUT2D eigenvalue weighted by Crippen LogP contribution is -2.27. The molecule has 0 aromatic heterocycles. The topological polar surface area (TPSA) is 93.5 Å². The van der Waals surface area contributed by atoms with E-state index in [1.165, 1.54) is 19.2 Å². The lowest BCUT2D eigenvalue weighted by Gasteiger charge is -2.07. The van der Waals surface area contributed by atoms with E-state index in [2.05, 4.69) is 10.6 Å². The van der Waals surface area contributed by atoms with Crippen molar-refractivity contribution in [2.45, 2.75) is 0 Å². The van der Waals surface area contributed by atoms with Gasteiger partial charge in [0, 0.05) is 32.5 Å². The highest BCUT2D eigenvalue weighted by Crippen LogP contribution is 2.22. The molecule has 7 heteroatoms. The Labute approximate surface area is 104 Å². The van der Waals surface area contributed by atoms with Crippen molar-refractivity contribution < 1.29 is 14.5 Å². The second kappa shape index (κ2) is 6.55. The van der Waals surface area contributed by atoms with Crippen LogP contribution in [0, 0.1) is 10.1 Å². The average molecular weight is 253 g/mol. The van der Waals surface area contributed by atoms with Crippen LogP contribution in [0.2, 0.25) is 0 Å². The van der Waals surface area contributed by atoms with Gasteiger partial charge in [0.25, 0.3) is 11.6 Å². The minimum absolute atomic E-state index is 0.0305. The zero-order valence-corrected chi connectivity index (χ0v) is 10.2. The number of ether oxygens (including phenoxy) is 1. The van der Waals surface area contributed by atoms with E-state index in [1.807, 2.05) is 0 Å². The van der Waals surface area contributed by atoms with Gasteiger partial charge in [-0.05, 0) is 12.1 Å². The lowest BCUT2D eigenvalue weighted by atomic mass is 10.1. The van der Waals surface area contributed by atoms with Crippen LogP contribution in [-0.4, -0.2) is 38.1 Å². The lowest BCUT2D eigenvalue weighted by molar-refractivity contribution is -0.385. The highest BCUT2D eigenvalue weighted by atomic mass is 16.6. The molecule has 2 N–H and O–H groups in total. The third-order valence-corrected chi connectivity index (χ3v) is 2.32. The molecule has 1 rings (SSSR count). The van der Waals surface area contributed by atoms with Gasteiger partial charge in [0.05, 0.1) is 11.5 Å². The van der Waals surface area contributed by atoms with Gasteiger partial charge in [0.15, 0.2) is 0 Å². The number of nitro groups is 1. The highest BCUT2D eigenvalue weighted by Gasteiger charge is 2.20. The molecule has 1 amide bonds. The van der Waals surface area contributed by atoms with Gasteiger partial charge < -0.3 is 15.4 Å². The van der Waals surface area contributed by atoms with Crippen LogP contribution in [0.3, 0.4) is 0 Å². The van der Waals surface area contributed by atoms with Gasteiger partial charge in [-0.3, -0.25) is 14.9 Å². The van der Waals surface area contributed by atoms with Crippen LogP contribution >= 0.6 is 0 Å². The minimum atomic E-state index is -0.579. The normalized spacial score (nSPS) is 9.89. The molecule has 0 fully saturated rings. The smallest absolute Gasteiger partial charge is 0.282 e. The first-order valence-corrected chi connectivity index (χ1v) is 5.33. The molecule has 0 heterocycles. The third kappa shape index (κ3) is 3.42. The van der Waals surface area contributed by atoms with Crippen molar-refractivity contribution in [2.24, 2.45) is 0 Å². The number of methoxy groups -OCH3 is 1. The van der Waals surface area contributed by atoms with E-state index in [0.717, 1.165) is 0 Å². The predicted octanol–water partition coefficient (Wildman–Crippen LogP) is 1.01. The summed E-state index contributed by atoms with van der Waals surface area (Å²) in [6.45, 7) is 0.654. The Morgan fingerprint density at radius 1 is 1.50 bits per heavy atom. The Kier molecular flexibility index (Phi) is 5.06. The second-order valence-corrected chi connectivity index (χ2v) is 3.49. The van der Waals surface area contributed by atoms with Gasteiger partial charge in [-0.15, -0.1) is 0 Å². The maximum absolute atomic E-state index is 11.8. The molecule has 0 spiro atoms. The summed E-state index contributed by atoms with van der Waals surface area (Å²) in [5, 5.41) is 16.2. The maximum Gasteiger partial charge on any atom is 0.282 e. The first-order chi connectivity index (χ1) is 8.60. The first kappa shape index (κ1) is 13.9. The fraction of sp³-hybridized carbons (Fsp3) is 0.364. The number of rotatable bonds is 6. The molecule has 0 aliphatic carbocycles. The molecule has 0 saturated carbocycles. The number of benzene rings is 1. The molecule has 98 valence electrons. The van der Waals surface area contributed by atoms with E-state index in [9.17, 15) is 14.9 Å². The monoisotopic (exact) mass is 253 g/mol. The number of hydrogen-bond donors (Lipinski definition) is 2. The molecular weight excluding hydrogens is 238 g/mol. The van der Waals surface area contributed by atoms with E-state index < -0.39 is 10.8 Å². The number of hydrogen-bond acceptors (Lipinski definition) is 5. The van der Waals surface area contributed by atoms with E-state index in [4.69, 9.17) is 4.74 Å². The van der Waals surface area contributed by atoms with E-state index in [1.54, 1.807) is 13.1 Å². The number of nitro benzene ring substituents is 1. The van der Waals surface area contributed by atoms with Crippen molar-refractivity contribution in [2.75, 3.05) is 32.6 Å². The maximum atomic E-state index is 11.8. The Morgan fingerprint density at radius 2 is 2.22 bits per heavy atom. The Balaban J connectivity index is 2.96. The van der Waals surface area contributed by atoms with Crippen LogP contribution in [0.15, 0.2) is 18.2 Å². The van der Waals surface area contributed by atoms with Crippen LogP contribution in [0.4, 0.5) is 11.4 Å². The number of nitrogens with zero attached hydrogens (tertiary/aromatic N) is 1. The zero-order valence-electron chi connectivity index (χ0n) is 10.2. The molecule has 18 heavy (non-hydrogen) atoms. The largest absolute Gasteiger partial charge is 0.388 e. The number of anilines is 1. The van der Waals surface area contributed by atoms with Crippen molar-refractivity contribution in [1.82, 2.24) is 5.32 Å². The number of carbonyl (C=O) groups excluding carboxylic acids is 1. The van der Waals surface area contributed by atoms with Crippen molar-refractivity contribution in [3.05, 3.63) is 33.9 Å². The van der Waals surface area contributed by atoms with Gasteiger partial charge in [-0.25, -0.2) is 0 Å². The molecule has 0 aliphatic heterocycles. The highest BCUT2D eigenvalue weighted by molar-refractivity contribution is 5.99. The summed E-state index contributed by atoms with van der Waals surface area (Å²) < 4.78 is 4.79. The molecule has 0 saturated heterocycles. The summed E-state index contributed by atoms with van der Waals surface area (Å²) in [7, 11) is 3.18. The minimum Gasteiger partial charge on any atom is -0.388 e.